The van der Waals surface area contributed by atoms with Crippen molar-refractivity contribution in [3.8, 4) is 0 Å². The molecule has 1 N–H and O–H groups in total. The maximum Gasteiger partial charge on any atom is 0.281 e. The van der Waals surface area contributed by atoms with E-state index in [1.54, 1.807) is 25.1 Å². The molecule has 1 aromatic carbocycles. The van der Waals surface area contributed by atoms with Gasteiger partial charge in [0.25, 0.3) is 5.22 Å². The molecular formula is C10H9ClN2O2S. The Hall–Kier alpha value is -1.04. The summed E-state index contributed by atoms with van der Waals surface area (Å²) in [5.41, 5.74) is 0.783. The van der Waals surface area contributed by atoms with E-state index in [9.17, 15) is 0 Å². The third kappa shape index (κ3) is 2.55. The van der Waals surface area contributed by atoms with Crippen LogP contribution in [0.15, 0.2) is 32.7 Å². The Morgan fingerprint density at radius 3 is 2.88 bits per heavy atom. The van der Waals surface area contributed by atoms with Crippen molar-refractivity contribution in [3.05, 3.63) is 34.7 Å². The second kappa shape index (κ2) is 4.86. The van der Waals surface area contributed by atoms with Crippen LogP contribution in [-0.4, -0.2) is 15.3 Å². The number of halogens is 1. The van der Waals surface area contributed by atoms with Gasteiger partial charge < -0.3 is 9.52 Å². The first kappa shape index (κ1) is 11.4. The molecule has 0 atom stereocenters. The topological polar surface area (TPSA) is 59.2 Å². The number of hydrogen-bond acceptors (Lipinski definition) is 5. The minimum atomic E-state index is -0.0490. The highest BCUT2D eigenvalue weighted by atomic mass is 35.5. The van der Waals surface area contributed by atoms with E-state index in [1.165, 1.54) is 11.8 Å². The van der Waals surface area contributed by atoms with Gasteiger partial charge in [0, 0.05) is 16.8 Å². The number of rotatable bonds is 3. The zero-order valence-electron chi connectivity index (χ0n) is 8.48. The lowest BCUT2D eigenvalue weighted by Gasteiger charge is -2.04. The van der Waals surface area contributed by atoms with Gasteiger partial charge in [-0.2, -0.15) is 0 Å². The van der Waals surface area contributed by atoms with Crippen LogP contribution in [-0.2, 0) is 6.61 Å². The number of aliphatic hydroxyl groups excluding tert-OH is 1. The Labute approximate surface area is 102 Å². The number of aromatic nitrogens is 2. The van der Waals surface area contributed by atoms with Crippen LogP contribution in [0.2, 0.25) is 5.02 Å². The average molecular weight is 257 g/mol. The third-order valence-electron chi connectivity index (χ3n) is 1.90. The van der Waals surface area contributed by atoms with E-state index in [1.807, 2.05) is 0 Å². The van der Waals surface area contributed by atoms with Crippen molar-refractivity contribution in [3.63, 3.8) is 0 Å². The molecule has 0 saturated heterocycles. The second-order valence-corrected chi connectivity index (χ2v) is 4.53. The van der Waals surface area contributed by atoms with Crippen LogP contribution in [0.1, 0.15) is 11.5 Å². The van der Waals surface area contributed by atoms with E-state index in [2.05, 4.69) is 10.2 Å². The van der Waals surface area contributed by atoms with Crippen LogP contribution in [0, 0.1) is 6.92 Å². The molecule has 16 heavy (non-hydrogen) atoms. The van der Waals surface area contributed by atoms with Crippen molar-refractivity contribution in [2.24, 2.45) is 0 Å². The molecule has 84 valence electrons. The first-order chi connectivity index (χ1) is 7.69. The molecule has 0 fully saturated rings. The highest BCUT2D eigenvalue weighted by molar-refractivity contribution is 7.99. The largest absolute Gasteiger partial charge is 0.416 e. The SMILES string of the molecule is Cc1nnc(Sc2cc(Cl)ccc2CO)o1. The minimum Gasteiger partial charge on any atom is -0.416 e. The Bertz CT molecular complexity index is 501. The van der Waals surface area contributed by atoms with Crippen LogP contribution in [0.3, 0.4) is 0 Å². The fourth-order valence-corrected chi connectivity index (χ4v) is 2.29. The molecule has 2 aromatic rings. The fourth-order valence-electron chi connectivity index (χ4n) is 1.17. The average Bonchev–Trinajstić information content (AvgIpc) is 2.64. The quantitative estimate of drug-likeness (QED) is 0.915. The molecule has 0 saturated carbocycles. The van der Waals surface area contributed by atoms with Crippen LogP contribution in [0.4, 0.5) is 0 Å². The van der Waals surface area contributed by atoms with Crippen LogP contribution >= 0.6 is 23.4 Å². The lowest BCUT2D eigenvalue weighted by molar-refractivity contribution is 0.279. The Morgan fingerprint density at radius 1 is 1.44 bits per heavy atom. The van der Waals surface area contributed by atoms with Gasteiger partial charge in [-0.3, -0.25) is 0 Å². The van der Waals surface area contributed by atoms with E-state index in [0.717, 1.165) is 10.5 Å². The molecule has 2 rings (SSSR count). The highest BCUT2D eigenvalue weighted by Gasteiger charge is 2.09. The lowest BCUT2D eigenvalue weighted by atomic mass is 10.2. The van der Waals surface area contributed by atoms with Gasteiger partial charge in [-0.05, 0) is 29.5 Å². The zero-order valence-corrected chi connectivity index (χ0v) is 10.0. The molecule has 1 heterocycles. The van der Waals surface area contributed by atoms with Gasteiger partial charge in [-0.15, -0.1) is 10.2 Å². The van der Waals surface area contributed by atoms with E-state index in [0.29, 0.717) is 16.1 Å². The van der Waals surface area contributed by atoms with Crippen LogP contribution < -0.4 is 0 Å². The third-order valence-corrected chi connectivity index (χ3v) is 3.08. The van der Waals surface area contributed by atoms with E-state index in [-0.39, 0.29) is 6.61 Å². The summed E-state index contributed by atoms with van der Waals surface area (Å²) < 4.78 is 5.24. The summed E-state index contributed by atoms with van der Waals surface area (Å²) in [6, 6.07) is 5.27. The zero-order chi connectivity index (χ0) is 11.5. The maximum atomic E-state index is 9.17. The number of hydrogen-bond donors (Lipinski definition) is 1. The van der Waals surface area contributed by atoms with Crippen LogP contribution in [0.5, 0.6) is 0 Å². The predicted molar refractivity (Wildman–Crippen MR) is 60.5 cm³/mol. The number of benzene rings is 1. The molecule has 0 aliphatic heterocycles. The smallest absolute Gasteiger partial charge is 0.281 e. The Kier molecular flexibility index (Phi) is 3.48. The predicted octanol–water partition coefficient (Wildman–Crippen LogP) is 2.67. The van der Waals surface area contributed by atoms with Crippen molar-refractivity contribution in [1.29, 1.82) is 0 Å². The highest BCUT2D eigenvalue weighted by Crippen LogP contribution is 2.31. The first-order valence-corrected chi connectivity index (χ1v) is 5.75. The molecule has 0 bridgehead atoms. The van der Waals surface area contributed by atoms with Gasteiger partial charge >= 0.3 is 0 Å². The monoisotopic (exact) mass is 256 g/mol. The van der Waals surface area contributed by atoms with Gasteiger partial charge in [-0.1, -0.05) is 17.7 Å². The summed E-state index contributed by atoms with van der Waals surface area (Å²) >= 11 is 7.17. The molecule has 4 nitrogen and oxygen atoms in total. The van der Waals surface area contributed by atoms with Gasteiger partial charge in [-0.25, -0.2) is 0 Å². The molecular weight excluding hydrogens is 248 g/mol. The van der Waals surface area contributed by atoms with Gasteiger partial charge in [0.1, 0.15) is 0 Å². The van der Waals surface area contributed by atoms with Crippen molar-refractivity contribution in [2.75, 3.05) is 0 Å². The summed E-state index contributed by atoms with van der Waals surface area (Å²) in [4.78, 5) is 0.818. The molecule has 0 aliphatic rings. The van der Waals surface area contributed by atoms with Crippen molar-refractivity contribution < 1.29 is 9.52 Å². The summed E-state index contributed by atoms with van der Waals surface area (Å²) in [6.45, 7) is 1.68. The summed E-state index contributed by atoms with van der Waals surface area (Å²) in [5, 5.41) is 17.8. The van der Waals surface area contributed by atoms with Crippen molar-refractivity contribution in [2.45, 2.75) is 23.6 Å². The molecule has 0 radical (unpaired) electrons. The molecule has 0 aliphatic carbocycles. The van der Waals surface area contributed by atoms with Crippen LogP contribution in [0.25, 0.3) is 0 Å². The standard InChI is InChI=1S/C10H9ClN2O2S/c1-6-12-13-10(15-6)16-9-4-8(11)3-2-7(9)5-14/h2-4,14H,5H2,1H3. The molecule has 6 heteroatoms. The molecule has 0 amide bonds. The lowest BCUT2D eigenvalue weighted by Crippen LogP contribution is -1.87. The minimum absolute atomic E-state index is 0.0490. The van der Waals surface area contributed by atoms with Crippen molar-refractivity contribution in [1.82, 2.24) is 10.2 Å². The van der Waals surface area contributed by atoms with E-state index < -0.39 is 0 Å². The van der Waals surface area contributed by atoms with E-state index >= 15 is 0 Å². The summed E-state index contributed by atoms with van der Waals surface area (Å²) in [6.07, 6.45) is 0. The summed E-state index contributed by atoms with van der Waals surface area (Å²) in [7, 11) is 0. The second-order valence-electron chi connectivity index (χ2n) is 3.10. The normalized spacial score (nSPS) is 10.7. The van der Waals surface area contributed by atoms with E-state index in [4.69, 9.17) is 21.1 Å². The Balaban J connectivity index is 2.29. The maximum absolute atomic E-state index is 9.17. The number of aryl methyl sites for hydroxylation is 1. The number of aliphatic hydroxyl groups is 1. The number of nitrogens with zero attached hydrogens (tertiary/aromatic N) is 2. The van der Waals surface area contributed by atoms with Crippen molar-refractivity contribution >= 4 is 23.4 Å². The summed E-state index contributed by atoms with van der Waals surface area (Å²) in [5.74, 6) is 0.509. The fraction of sp³-hybridized carbons (Fsp3) is 0.200. The molecule has 1 aromatic heterocycles. The first-order valence-electron chi connectivity index (χ1n) is 4.56. The molecule has 0 unspecified atom stereocenters. The molecule has 0 spiro atoms. The van der Waals surface area contributed by atoms with Gasteiger partial charge in [0.2, 0.25) is 5.89 Å². The van der Waals surface area contributed by atoms with Gasteiger partial charge in [0.15, 0.2) is 0 Å². The Morgan fingerprint density at radius 2 is 2.25 bits per heavy atom. The van der Waals surface area contributed by atoms with Gasteiger partial charge in [0.05, 0.1) is 6.61 Å².